The fourth-order valence-corrected chi connectivity index (χ4v) is 1.11. The van der Waals surface area contributed by atoms with Crippen LogP contribution in [0.2, 0.25) is 0 Å². The molecular formula is C9H13FN2. The highest BCUT2D eigenvalue weighted by Gasteiger charge is 2.07. The lowest BCUT2D eigenvalue weighted by Gasteiger charge is -2.08. The summed E-state index contributed by atoms with van der Waals surface area (Å²) < 4.78 is 13.1. The van der Waals surface area contributed by atoms with Crippen LogP contribution in [0.25, 0.3) is 0 Å². The van der Waals surface area contributed by atoms with Gasteiger partial charge in [0.15, 0.2) is 0 Å². The molecule has 0 saturated heterocycles. The zero-order valence-corrected chi connectivity index (χ0v) is 7.05. The molecule has 1 aromatic rings. The molecule has 0 spiro atoms. The van der Waals surface area contributed by atoms with Gasteiger partial charge in [-0.1, -0.05) is 6.07 Å². The molecule has 0 aliphatic carbocycles. The fraction of sp³-hybridized carbons (Fsp3) is 0.333. The third-order valence-corrected chi connectivity index (χ3v) is 1.68. The Hall–Kier alpha value is -1.09. The Kier molecular flexibility index (Phi) is 2.65. The maximum Gasteiger partial charge on any atom is 0.128 e. The first kappa shape index (κ1) is 9.00. The van der Waals surface area contributed by atoms with Crippen LogP contribution in [0, 0.1) is 5.82 Å². The van der Waals surface area contributed by atoms with Crippen molar-refractivity contribution in [2.45, 2.75) is 19.4 Å². The molecule has 0 amide bonds. The van der Waals surface area contributed by atoms with Crippen LogP contribution in [-0.2, 0) is 6.42 Å². The molecular weight excluding hydrogens is 155 g/mol. The Morgan fingerprint density at radius 1 is 1.50 bits per heavy atom. The third kappa shape index (κ3) is 1.95. The second kappa shape index (κ2) is 3.54. The fourth-order valence-electron chi connectivity index (χ4n) is 1.11. The molecule has 0 aromatic heterocycles. The van der Waals surface area contributed by atoms with Gasteiger partial charge in [0, 0.05) is 17.3 Å². The number of hydrogen-bond donors (Lipinski definition) is 2. The molecule has 1 rings (SSSR count). The van der Waals surface area contributed by atoms with Crippen LogP contribution in [0.15, 0.2) is 18.2 Å². The minimum absolute atomic E-state index is 0.0656. The van der Waals surface area contributed by atoms with Crippen molar-refractivity contribution in [3.63, 3.8) is 0 Å². The third-order valence-electron chi connectivity index (χ3n) is 1.68. The van der Waals surface area contributed by atoms with Gasteiger partial charge < -0.3 is 11.5 Å². The summed E-state index contributed by atoms with van der Waals surface area (Å²) >= 11 is 0. The zero-order chi connectivity index (χ0) is 9.14. The lowest BCUT2D eigenvalue weighted by molar-refractivity contribution is 0.597. The van der Waals surface area contributed by atoms with Gasteiger partial charge in [-0.25, -0.2) is 4.39 Å². The van der Waals surface area contributed by atoms with Crippen LogP contribution in [0.4, 0.5) is 10.1 Å². The molecule has 3 heteroatoms. The first-order valence-electron chi connectivity index (χ1n) is 3.89. The number of benzene rings is 1. The molecule has 1 unspecified atom stereocenters. The summed E-state index contributed by atoms with van der Waals surface area (Å²) in [5.74, 6) is -0.271. The Balaban J connectivity index is 2.96. The maximum atomic E-state index is 13.1. The molecule has 0 aliphatic rings. The van der Waals surface area contributed by atoms with Gasteiger partial charge in [0.1, 0.15) is 5.82 Å². The minimum Gasteiger partial charge on any atom is -0.398 e. The van der Waals surface area contributed by atoms with Crippen LogP contribution in [0.1, 0.15) is 12.5 Å². The molecule has 2 nitrogen and oxygen atoms in total. The second-order valence-electron chi connectivity index (χ2n) is 2.99. The van der Waals surface area contributed by atoms with Crippen molar-refractivity contribution in [2.24, 2.45) is 5.73 Å². The van der Waals surface area contributed by atoms with Crippen molar-refractivity contribution in [3.8, 4) is 0 Å². The first-order chi connectivity index (χ1) is 5.61. The quantitative estimate of drug-likeness (QED) is 0.654. The molecule has 4 N–H and O–H groups in total. The number of halogens is 1. The molecule has 1 aromatic carbocycles. The van der Waals surface area contributed by atoms with E-state index < -0.39 is 0 Å². The van der Waals surface area contributed by atoms with Gasteiger partial charge in [-0.2, -0.15) is 0 Å². The summed E-state index contributed by atoms with van der Waals surface area (Å²) in [4.78, 5) is 0. The Bertz CT molecular complexity index is 251. The van der Waals surface area contributed by atoms with Gasteiger partial charge >= 0.3 is 0 Å². The molecule has 1 atom stereocenters. The molecule has 0 heterocycles. The van der Waals surface area contributed by atoms with Gasteiger partial charge in [-0.15, -0.1) is 0 Å². The average Bonchev–Trinajstić information content (AvgIpc) is 1.97. The van der Waals surface area contributed by atoms with Crippen molar-refractivity contribution in [1.29, 1.82) is 0 Å². The highest BCUT2D eigenvalue weighted by atomic mass is 19.1. The summed E-state index contributed by atoms with van der Waals surface area (Å²) in [7, 11) is 0. The van der Waals surface area contributed by atoms with Crippen LogP contribution in [0.3, 0.4) is 0 Å². The standard InChI is InChI=1S/C9H13FN2/c1-6(11)5-7-8(10)3-2-4-9(7)12/h2-4,6H,5,11-12H2,1H3. The van der Waals surface area contributed by atoms with Crippen molar-refractivity contribution < 1.29 is 4.39 Å². The van der Waals surface area contributed by atoms with Crippen LogP contribution in [0.5, 0.6) is 0 Å². The van der Waals surface area contributed by atoms with E-state index in [-0.39, 0.29) is 11.9 Å². The van der Waals surface area contributed by atoms with Crippen molar-refractivity contribution in [3.05, 3.63) is 29.6 Å². The summed E-state index contributed by atoms with van der Waals surface area (Å²) in [6.45, 7) is 1.83. The first-order valence-corrected chi connectivity index (χ1v) is 3.89. The molecule has 0 aliphatic heterocycles. The van der Waals surface area contributed by atoms with E-state index in [1.165, 1.54) is 6.07 Å². The smallest absolute Gasteiger partial charge is 0.128 e. The van der Waals surface area contributed by atoms with Crippen molar-refractivity contribution in [2.75, 3.05) is 5.73 Å². The van der Waals surface area contributed by atoms with Gasteiger partial charge in [0.25, 0.3) is 0 Å². The van der Waals surface area contributed by atoms with Crippen LogP contribution in [-0.4, -0.2) is 6.04 Å². The predicted octanol–water partition coefficient (Wildman–Crippen LogP) is 1.30. The normalized spacial score (nSPS) is 12.9. The molecule has 0 bridgehead atoms. The Morgan fingerprint density at radius 3 is 2.67 bits per heavy atom. The molecule has 66 valence electrons. The summed E-state index contributed by atoms with van der Waals surface area (Å²) in [5, 5.41) is 0. The Labute approximate surface area is 71.4 Å². The lowest BCUT2D eigenvalue weighted by atomic mass is 10.1. The van der Waals surface area contributed by atoms with E-state index in [1.807, 2.05) is 6.92 Å². The number of nitrogens with two attached hydrogens (primary N) is 2. The van der Waals surface area contributed by atoms with Crippen molar-refractivity contribution >= 4 is 5.69 Å². The van der Waals surface area contributed by atoms with Crippen molar-refractivity contribution in [1.82, 2.24) is 0 Å². The van der Waals surface area contributed by atoms with Crippen LogP contribution >= 0.6 is 0 Å². The van der Waals surface area contributed by atoms with Gasteiger partial charge in [-0.05, 0) is 25.5 Å². The highest BCUT2D eigenvalue weighted by molar-refractivity contribution is 5.47. The Morgan fingerprint density at radius 2 is 2.17 bits per heavy atom. The highest BCUT2D eigenvalue weighted by Crippen LogP contribution is 2.16. The van der Waals surface area contributed by atoms with E-state index in [4.69, 9.17) is 11.5 Å². The van der Waals surface area contributed by atoms with Gasteiger partial charge in [-0.3, -0.25) is 0 Å². The summed E-state index contributed by atoms with van der Waals surface area (Å²) in [6.07, 6.45) is 0.485. The van der Waals surface area contributed by atoms with Crippen LogP contribution < -0.4 is 11.5 Å². The van der Waals surface area contributed by atoms with E-state index in [9.17, 15) is 4.39 Å². The second-order valence-corrected chi connectivity index (χ2v) is 2.99. The van der Waals surface area contributed by atoms with E-state index in [2.05, 4.69) is 0 Å². The predicted molar refractivity (Wildman–Crippen MR) is 48.2 cm³/mol. The SMILES string of the molecule is CC(N)Cc1c(N)cccc1F. The van der Waals surface area contributed by atoms with E-state index in [0.717, 1.165) is 0 Å². The molecule has 12 heavy (non-hydrogen) atoms. The maximum absolute atomic E-state index is 13.1. The summed E-state index contributed by atoms with van der Waals surface area (Å²) in [5.41, 5.74) is 12.1. The van der Waals surface area contributed by atoms with E-state index >= 15 is 0 Å². The molecule has 0 saturated carbocycles. The van der Waals surface area contributed by atoms with E-state index in [0.29, 0.717) is 17.7 Å². The van der Waals surface area contributed by atoms with Gasteiger partial charge in [0.2, 0.25) is 0 Å². The number of hydrogen-bond acceptors (Lipinski definition) is 2. The average molecular weight is 168 g/mol. The largest absolute Gasteiger partial charge is 0.398 e. The number of rotatable bonds is 2. The zero-order valence-electron chi connectivity index (χ0n) is 7.05. The number of anilines is 1. The topological polar surface area (TPSA) is 52.0 Å². The summed E-state index contributed by atoms with van der Waals surface area (Å²) in [6, 6.07) is 4.61. The van der Waals surface area contributed by atoms with E-state index in [1.54, 1.807) is 12.1 Å². The minimum atomic E-state index is -0.271. The number of nitrogen functional groups attached to an aromatic ring is 1. The molecule has 0 radical (unpaired) electrons. The van der Waals surface area contributed by atoms with Gasteiger partial charge in [0.05, 0.1) is 0 Å². The molecule has 0 fully saturated rings. The lowest BCUT2D eigenvalue weighted by Crippen LogP contribution is -2.19. The monoisotopic (exact) mass is 168 g/mol.